The van der Waals surface area contributed by atoms with Gasteiger partial charge in [0, 0.05) is 37.4 Å². The van der Waals surface area contributed by atoms with Gasteiger partial charge in [0.05, 0.1) is 11.5 Å². The van der Waals surface area contributed by atoms with E-state index in [0.717, 1.165) is 31.1 Å². The molecule has 0 bridgehead atoms. The Kier molecular flexibility index (Phi) is 5.27. The summed E-state index contributed by atoms with van der Waals surface area (Å²) in [5, 5.41) is 0. The van der Waals surface area contributed by atoms with Gasteiger partial charge in [-0.2, -0.15) is 4.98 Å². The molecule has 3 rings (SSSR count). The van der Waals surface area contributed by atoms with E-state index in [2.05, 4.69) is 14.8 Å². The summed E-state index contributed by atoms with van der Waals surface area (Å²) in [7, 11) is -2.91. The first-order valence-electron chi connectivity index (χ1n) is 9.06. The molecule has 3 heterocycles. The second kappa shape index (κ2) is 7.25. The van der Waals surface area contributed by atoms with Crippen LogP contribution in [0, 0.1) is 6.92 Å². The van der Waals surface area contributed by atoms with E-state index in [1.807, 2.05) is 19.9 Å². The molecule has 0 radical (unpaired) electrons. The van der Waals surface area contributed by atoms with Crippen molar-refractivity contribution in [1.82, 2.24) is 9.97 Å². The molecule has 24 heavy (non-hydrogen) atoms. The van der Waals surface area contributed by atoms with E-state index in [9.17, 15) is 8.42 Å². The lowest BCUT2D eigenvalue weighted by atomic mass is 10.2. The largest absolute Gasteiger partial charge is 0.356 e. The van der Waals surface area contributed by atoms with Gasteiger partial charge in [-0.1, -0.05) is 12.8 Å². The van der Waals surface area contributed by atoms with Gasteiger partial charge in [0.25, 0.3) is 0 Å². The Bertz CT molecular complexity index is 669. The molecule has 1 aromatic heterocycles. The molecule has 2 fully saturated rings. The van der Waals surface area contributed by atoms with Crippen molar-refractivity contribution in [2.45, 2.75) is 52.0 Å². The highest BCUT2D eigenvalue weighted by molar-refractivity contribution is 7.91. The Hall–Kier alpha value is -1.37. The first-order valence-corrected chi connectivity index (χ1v) is 10.9. The van der Waals surface area contributed by atoms with Crippen LogP contribution in [0.5, 0.6) is 0 Å². The predicted molar refractivity (Wildman–Crippen MR) is 97.5 cm³/mol. The molecule has 2 aliphatic rings. The highest BCUT2D eigenvalue weighted by Crippen LogP contribution is 2.25. The molecule has 1 aromatic rings. The third kappa shape index (κ3) is 3.99. The summed E-state index contributed by atoms with van der Waals surface area (Å²) in [6, 6.07) is 2.05. The van der Waals surface area contributed by atoms with Crippen LogP contribution in [0.25, 0.3) is 0 Å². The molecule has 0 N–H and O–H groups in total. The Labute approximate surface area is 145 Å². The SMILES string of the molecule is CCN(c1nc(C)cc(N2CCCCCC2)n1)C1CCS(=O)(=O)C1. The van der Waals surface area contributed by atoms with Crippen molar-refractivity contribution in [3.05, 3.63) is 11.8 Å². The monoisotopic (exact) mass is 352 g/mol. The van der Waals surface area contributed by atoms with E-state index in [0.29, 0.717) is 12.4 Å². The van der Waals surface area contributed by atoms with Crippen molar-refractivity contribution in [2.24, 2.45) is 0 Å². The zero-order chi connectivity index (χ0) is 17.2. The Morgan fingerprint density at radius 3 is 2.50 bits per heavy atom. The van der Waals surface area contributed by atoms with Crippen LogP contribution in [0.3, 0.4) is 0 Å². The molecule has 0 aromatic carbocycles. The van der Waals surface area contributed by atoms with Crippen LogP contribution in [0.4, 0.5) is 11.8 Å². The van der Waals surface area contributed by atoms with Crippen molar-refractivity contribution in [3.8, 4) is 0 Å². The van der Waals surface area contributed by atoms with Crippen LogP contribution in [-0.2, 0) is 9.84 Å². The summed E-state index contributed by atoms with van der Waals surface area (Å²) in [6.07, 6.45) is 5.66. The predicted octanol–water partition coefficient (Wildman–Crippen LogP) is 2.18. The van der Waals surface area contributed by atoms with Gasteiger partial charge in [-0.3, -0.25) is 0 Å². The molecule has 0 spiro atoms. The highest BCUT2D eigenvalue weighted by atomic mass is 32.2. The van der Waals surface area contributed by atoms with Crippen LogP contribution in [0.15, 0.2) is 6.07 Å². The fourth-order valence-electron chi connectivity index (χ4n) is 3.71. The third-order valence-electron chi connectivity index (χ3n) is 5.01. The number of hydrogen-bond acceptors (Lipinski definition) is 6. The number of aryl methyl sites for hydroxylation is 1. The van der Waals surface area contributed by atoms with E-state index in [1.54, 1.807) is 0 Å². The number of nitrogens with zero attached hydrogens (tertiary/aromatic N) is 4. The molecule has 0 amide bonds. The molecule has 2 aliphatic heterocycles. The molecule has 2 saturated heterocycles. The molecular weight excluding hydrogens is 324 g/mol. The number of rotatable bonds is 4. The smallest absolute Gasteiger partial charge is 0.227 e. The standard InChI is InChI=1S/C17H28N4O2S/c1-3-21(15-8-11-24(22,23)13-15)17-18-14(2)12-16(19-17)20-9-6-4-5-7-10-20/h12,15H,3-11,13H2,1-2H3. The van der Waals surface area contributed by atoms with E-state index >= 15 is 0 Å². The molecule has 0 saturated carbocycles. The Balaban J connectivity index is 1.86. The van der Waals surface area contributed by atoms with Gasteiger partial charge in [-0.15, -0.1) is 0 Å². The van der Waals surface area contributed by atoms with Gasteiger partial charge in [-0.05, 0) is 33.1 Å². The maximum atomic E-state index is 11.8. The van der Waals surface area contributed by atoms with E-state index in [4.69, 9.17) is 4.98 Å². The molecule has 1 unspecified atom stereocenters. The summed E-state index contributed by atoms with van der Waals surface area (Å²) in [5.41, 5.74) is 0.943. The fourth-order valence-corrected chi connectivity index (χ4v) is 5.44. The second-order valence-electron chi connectivity index (χ2n) is 6.91. The van der Waals surface area contributed by atoms with Crippen molar-refractivity contribution >= 4 is 21.6 Å². The molecular formula is C17H28N4O2S. The molecule has 0 aliphatic carbocycles. The summed E-state index contributed by atoms with van der Waals surface area (Å²) in [5.74, 6) is 2.16. The average Bonchev–Trinajstić information content (AvgIpc) is 2.76. The van der Waals surface area contributed by atoms with Gasteiger partial charge < -0.3 is 9.80 Å². The maximum absolute atomic E-state index is 11.8. The van der Waals surface area contributed by atoms with Crippen LogP contribution in [0.2, 0.25) is 0 Å². The summed E-state index contributed by atoms with van der Waals surface area (Å²) in [6.45, 7) is 6.84. The Morgan fingerprint density at radius 2 is 1.92 bits per heavy atom. The van der Waals surface area contributed by atoms with Crippen LogP contribution < -0.4 is 9.80 Å². The van der Waals surface area contributed by atoms with Gasteiger partial charge in [0.15, 0.2) is 9.84 Å². The first-order chi connectivity index (χ1) is 11.5. The summed E-state index contributed by atoms with van der Waals surface area (Å²) >= 11 is 0. The molecule has 134 valence electrons. The third-order valence-corrected chi connectivity index (χ3v) is 6.76. The topological polar surface area (TPSA) is 66.4 Å². The molecule has 7 heteroatoms. The van der Waals surface area contributed by atoms with Crippen molar-refractivity contribution in [3.63, 3.8) is 0 Å². The van der Waals surface area contributed by atoms with Crippen molar-refractivity contribution in [2.75, 3.05) is 40.9 Å². The summed E-state index contributed by atoms with van der Waals surface area (Å²) < 4.78 is 23.7. The summed E-state index contributed by atoms with van der Waals surface area (Å²) in [4.78, 5) is 13.8. The quantitative estimate of drug-likeness (QED) is 0.827. The van der Waals surface area contributed by atoms with Crippen LogP contribution >= 0.6 is 0 Å². The first kappa shape index (κ1) is 17.5. The number of aromatic nitrogens is 2. The van der Waals surface area contributed by atoms with Gasteiger partial charge in [0.1, 0.15) is 5.82 Å². The zero-order valence-electron chi connectivity index (χ0n) is 14.7. The molecule has 1 atom stereocenters. The van der Waals surface area contributed by atoms with Gasteiger partial charge in [0.2, 0.25) is 5.95 Å². The second-order valence-corrected chi connectivity index (χ2v) is 9.14. The minimum atomic E-state index is -2.91. The number of hydrogen-bond donors (Lipinski definition) is 0. The Morgan fingerprint density at radius 1 is 1.21 bits per heavy atom. The average molecular weight is 353 g/mol. The van der Waals surface area contributed by atoms with Crippen LogP contribution in [0.1, 0.15) is 44.7 Å². The van der Waals surface area contributed by atoms with Crippen molar-refractivity contribution in [1.29, 1.82) is 0 Å². The minimum Gasteiger partial charge on any atom is -0.356 e. The number of sulfone groups is 1. The fraction of sp³-hybridized carbons (Fsp3) is 0.765. The van der Waals surface area contributed by atoms with Crippen molar-refractivity contribution < 1.29 is 8.42 Å². The lowest BCUT2D eigenvalue weighted by Gasteiger charge is -2.29. The van der Waals surface area contributed by atoms with E-state index in [-0.39, 0.29) is 17.5 Å². The molecule has 6 nitrogen and oxygen atoms in total. The maximum Gasteiger partial charge on any atom is 0.227 e. The minimum absolute atomic E-state index is 0.00113. The lowest BCUT2D eigenvalue weighted by molar-refractivity contribution is 0.599. The zero-order valence-corrected chi connectivity index (χ0v) is 15.6. The van der Waals surface area contributed by atoms with Crippen LogP contribution in [-0.4, -0.2) is 55.6 Å². The van der Waals surface area contributed by atoms with Gasteiger partial charge >= 0.3 is 0 Å². The lowest BCUT2D eigenvalue weighted by Crippen LogP contribution is -2.38. The van der Waals surface area contributed by atoms with E-state index in [1.165, 1.54) is 25.7 Å². The highest BCUT2D eigenvalue weighted by Gasteiger charge is 2.33. The van der Waals surface area contributed by atoms with E-state index < -0.39 is 9.84 Å². The number of anilines is 2. The normalized spacial score (nSPS) is 23.9. The van der Waals surface area contributed by atoms with Gasteiger partial charge in [-0.25, -0.2) is 13.4 Å².